The smallest absolute Gasteiger partial charge is 0.153 e. The van der Waals surface area contributed by atoms with Crippen molar-refractivity contribution in [1.29, 1.82) is 0 Å². The van der Waals surface area contributed by atoms with Gasteiger partial charge in [0.15, 0.2) is 6.29 Å². The summed E-state index contributed by atoms with van der Waals surface area (Å²) in [4.78, 5) is 19.8. The fourth-order valence-electron chi connectivity index (χ4n) is 2.01. The van der Waals surface area contributed by atoms with Gasteiger partial charge in [0.25, 0.3) is 0 Å². The van der Waals surface area contributed by atoms with Crippen molar-refractivity contribution in [2.24, 2.45) is 0 Å². The molecule has 0 saturated carbocycles. The van der Waals surface area contributed by atoms with Gasteiger partial charge < -0.3 is 9.80 Å². The van der Waals surface area contributed by atoms with Gasteiger partial charge in [-0.3, -0.25) is 4.79 Å². The fraction of sp³-hybridized carbons (Fsp3) is 0.500. The predicted octanol–water partition coefficient (Wildman–Crippen LogP) is 1.03. The van der Waals surface area contributed by atoms with E-state index in [9.17, 15) is 4.79 Å². The van der Waals surface area contributed by atoms with Gasteiger partial charge in [0.1, 0.15) is 5.82 Å². The molecule has 1 aromatic rings. The highest BCUT2D eigenvalue weighted by Crippen LogP contribution is 2.18. The molecular weight excluding hydrogens is 202 g/mol. The van der Waals surface area contributed by atoms with E-state index in [1.54, 1.807) is 12.3 Å². The number of anilines is 1. The molecule has 86 valence electrons. The molecule has 1 aliphatic heterocycles. The first kappa shape index (κ1) is 11.1. The van der Waals surface area contributed by atoms with Crippen molar-refractivity contribution in [1.82, 2.24) is 9.88 Å². The Morgan fingerprint density at radius 2 is 2.31 bits per heavy atom. The second-order valence-electron chi connectivity index (χ2n) is 4.31. The zero-order valence-corrected chi connectivity index (χ0v) is 9.76. The first-order valence-corrected chi connectivity index (χ1v) is 5.57. The Morgan fingerprint density at radius 3 is 3.00 bits per heavy atom. The Hall–Kier alpha value is -1.42. The Labute approximate surface area is 95.9 Å². The Morgan fingerprint density at radius 1 is 1.50 bits per heavy atom. The van der Waals surface area contributed by atoms with Gasteiger partial charge in [-0.2, -0.15) is 0 Å². The van der Waals surface area contributed by atoms with E-state index < -0.39 is 0 Å². The molecule has 4 heteroatoms. The second-order valence-corrected chi connectivity index (χ2v) is 4.31. The van der Waals surface area contributed by atoms with Crippen molar-refractivity contribution in [3.8, 4) is 0 Å². The summed E-state index contributed by atoms with van der Waals surface area (Å²) >= 11 is 0. The van der Waals surface area contributed by atoms with E-state index >= 15 is 0 Å². The van der Waals surface area contributed by atoms with Crippen molar-refractivity contribution in [2.45, 2.75) is 13.0 Å². The first-order valence-electron chi connectivity index (χ1n) is 5.57. The fourth-order valence-corrected chi connectivity index (χ4v) is 2.01. The van der Waals surface area contributed by atoms with Gasteiger partial charge in [-0.05, 0) is 26.1 Å². The second kappa shape index (κ2) is 4.61. The van der Waals surface area contributed by atoms with Gasteiger partial charge in [-0.15, -0.1) is 0 Å². The molecule has 0 amide bonds. The molecule has 1 unspecified atom stereocenters. The summed E-state index contributed by atoms with van der Waals surface area (Å²) in [5.41, 5.74) is 0.680. The average Bonchev–Trinajstić information content (AvgIpc) is 2.32. The summed E-state index contributed by atoms with van der Waals surface area (Å²) in [5, 5.41) is 0. The number of piperazine rings is 1. The monoisotopic (exact) mass is 219 g/mol. The Balaban J connectivity index is 2.21. The van der Waals surface area contributed by atoms with E-state index in [0.29, 0.717) is 11.6 Å². The topological polar surface area (TPSA) is 36.4 Å². The third-order valence-corrected chi connectivity index (χ3v) is 3.20. The average molecular weight is 219 g/mol. The summed E-state index contributed by atoms with van der Waals surface area (Å²) in [5.74, 6) is 0.817. The highest BCUT2D eigenvalue weighted by Gasteiger charge is 2.22. The molecule has 0 spiro atoms. The van der Waals surface area contributed by atoms with Crippen molar-refractivity contribution in [2.75, 3.05) is 31.6 Å². The van der Waals surface area contributed by atoms with E-state index in [2.05, 4.69) is 28.8 Å². The minimum absolute atomic E-state index is 0.496. The highest BCUT2D eigenvalue weighted by molar-refractivity contribution is 5.82. The van der Waals surface area contributed by atoms with Gasteiger partial charge in [0.2, 0.25) is 0 Å². The number of nitrogens with zero attached hydrogens (tertiary/aromatic N) is 3. The van der Waals surface area contributed by atoms with Gasteiger partial charge in [0, 0.05) is 31.9 Å². The van der Waals surface area contributed by atoms with Crippen LogP contribution in [0.1, 0.15) is 17.3 Å². The van der Waals surface area contributed by atoms with Crippen LogP contribution in [0.2, 0.25) is 0 Å². The standard InChI is InChI=1S/C12H17N3O/c1-10-8-15(7-6-14(10)2)12-11(9-16)4-3-5-13-12/h3-5,9-10H,6-8H2,1-2H3. The zero-order valence-electron chi connectivity index (χ0n) is 9.76. The number of hydrogen-bond donors (Lipinski definition) is 0. The molecule has 0 bridgehead atoms. The SMILES string of the molecule is CC1CN(c2ncccc2C=O)CCN1C. The van der Waals surface area contributed by atoms with Crippen LogP contribution in [-0.2, 0) is 0 Å². The predicted molar refractivity (Wildman–Crippen MR) is 63.9 cm³/mol. The van der Waals surface area contributed by atoms with E-state index in [-0.39, 0.29) is 0 Å². The van der Waals surface area contributed by atoms with E-state index in [1.807, 2.05) is 6.07 Å². The van der Waals surface area contributed by atoms with Crippen molar-refractivity contribution in [3.05, 3.63) is 23.9 Å². The van der Waals surface area contributed by atoms with Crippen LogP contribution < -0.4 is 4.90 Å². The first-order chi connectivity index (χ1) is 7.72. The number of aromatic nitrogens is 1. The summed E-state index contributed by atoms with van der Waals surface area (Å²) in [6, 6.07) is 4.11. The molecule has 1 atom stereocenters. The maximum Gasteiger partial charge on any atom is 0.153 e. The van der Waals surface area contributed by atoms with Gasteiger partial charge in [-0.1, -0.05) is 0 Å². The van der Waals surface area contributed by atoms with Crippen LogP contribution in [0.4, 0.5) is 5.82 Å². The molecule has 1 aliphatic rings. The van der Waals surface area contributed by atoms with Gasteiger partial charge >= 0.3 is 0 Å². The van der Waals surface area contributed by atoms with Crippen LogP contribution in [0, 0.1) is 0 Å². The number of likely N-dealkylation sites (N-methyl/N-ethyl adjacent to an activating group) is 1. The Kier molecular flexibility index (Phi) is 3.19. The number of carbonyl (C=O) groups excluding carboxylic acids is 1. The zero-order chi connectivity index (χ0) is 11.5. The minimum Gasteiger partial charge on any atom is -0.353 e. The van der Waals surface area contributed by atoms with Crippen LogP contribution in [0.25, 0.3) is 0 Å². The lowest BCUT2D eigenvalue weighted by molar-refractivity contribution is 0.112. The van der Waals surface area contributed by atoms with E-state index in [4.69, 9.17) is 0 Å². The number of carbonyl (C=O) groups is 1. The molecule has 2 rings (SSSR count). The molecule has 16 heavy (non-hydrogen) atoms. The molecule has 0 N–H and O–H groups in total. The summed E-state index contributed by atoms with van der Waals surface area (Å²) in [7, 11) is 2.13. The van der Waals surface area contributed by atoms with Crippen molar-refractivity contribution in [3.63, 3.8) is 0 Å². The normalized spacial score (nSPS) is 22.1. The van der Waals surface area contributed by atoms with Crippen LogP contribution in [0.3, 0.4) is 0 Å². The molecule has 1 aromatic heterocycles. The molecular formula is C12H17N3O. The number of rotatable bonds is 2. The highest BCUT2D eigenvalue weighted by atomic mass is 16.1. The number of aldehydes is 1. The van der Waals surface area contributed by atoms with Crippen LogP contribution in [0.15, 0.2) is 18.3 Å². The lowest BCUT2D eigenvalue weighted by Crippen LogP contribution is -2.50. The molecule has 0 aliphatic carbocycles. The summed E-state index contributed by atoms with van der Waals surface area (Å²) in [6.07, 6.45) is 2.62. The van der Waals surface area contributed by atoms with E-state index in [1.165, 1.54) is 0 Å². The molecule has 4 nitrogen and oxygen atoms in total. The molecule has 0 radical (unpaired) electrons. The van der Waals surface area contributed by atoms with Crippen LogP contribution in [-0.4, -0.2) is 48.9 Å². The lowest BCUT2D eigenvalue weighted by Gasteiger charge is -2.38. The quantitative estimate of drug-likeness (QED) is 0.696. The summed E-state index contributed by atoms with van der Waals surface area (Å²) < 4.78 is 0. The molecule has 1 saturated heterocycles. The maximum atomic E-state index is 10.9. The Bertz CT molecular complexity index is 380. The summed E-state index contributed by atoms with van der Waals surface area (Å²) in [6.45, 7) is 5.05. The third kappa shape index (κ3) is 2.07. The number of pyridine rings is 1. The molecule has 0 aromatic carbocycles. The van der Waals surface area contributed by atoms with Gasteiger partial charge in [0.05, 0.1) is 5.56 Å². The lowest BCUT2D eigenvalue weighted by atomic mass is 10.2. The minimum atomic E-state index is 0.496. The maximum absolute atomic E-state index is 10.9. The van der Waals surface area contributed by atoms with E-state index in [0.717, 1.165) is 31.7 Å². The van der Waals surface area contributed by atoms with Crippen molar-refractivity contribution >= 4 is 12.1 Å². The van der Waals surface area contributed by atoms with Crippen molar-refractivity contribution < 1.29 is 4.79 Å². The van der Waals surface area contributed by atoms with Crippen LogP contribution in [0.5, 0.6) is 0 Å². The van der Waals surface area contributed by atoms with Gasteiger partial charge in [-0.25, -0.2) is 4.98 Å². The van der Waals surface area contributed by atoms with Crippen LogP contribution >= 0.6 is 0 Å². The molecule has 1 fully saturated rings. The third-order valence-electron chi connectivity index (χ3n) is 3.20. The number of hydrogen-bond acceptors (Lipinski definition) is 4. The largest absolute Gasteiger partial charge is 0.353 e. The molecule has 2 heterocycles.